The molecule has 0 unspecified atom stereocenters. The highest BCUT2D eigenvalue weighted by Crippen LogP contribution is 2.32. The number of nitrogens with one attached hydrogen (secondary N) is 1. The lowest BCUT2D eigenvalue weighted by atomic mass is 10.1. The quantitative estimate of drug-likeness (QED) is 0.287. The first-order chi connectivity index (χ1) is 17.7. The van der Waals surface area contributed by atoms with E-state index < -0.39 is 15.7 Å². The van der Waals surface area contributed by atoms with Crippen molar-refractivity contribution in [3.8, 4) is 17.2 Å². The molecule has 0 saturated heterocycles. The summed E-state index contributed by atoms with van der Waals surface area (Å²) in [7, 11) is -2.21. The molecule has 10 nitrogen and oxygen atoms in total. The molecule has 0 saturated carbocycles. The van der Waals surface area contributed by atoms with E-state index in [4.69, 9.17) is 19.6 Å². The topological polar surface area (TPSA) is 131 Å². The molecule has 2 aromatic rings. The molecular weight excluding hydrogens is 516 g/mol. The van der Waals surface area contributed by atoms with E-state index in [1.807, 2.05) is 31.2 Å². The van der Waals surface area contributed by atoms with Crippen LogP contribution in [0.2, 0.25) is 0 Å². The van der Waals surface area contributed by atoms with E-state index in [2.05, 4.69) is 9.39 Å². The first-order valence-corrected chi connectivity index (χ1v) is 13.9. The second kappa shape index (κ2) is 11.2. The molecule has 0 atom stereocenters. The van der Waals surface area contributed by atoms with Gasteiger partial charge in [0.25, 0.3) is 5.91 Å². The largest absolute Gasteiger partial charge is 0.493 e. The van der Waals surface area contributed by atoms with Crippen LogP contribution in [0, 0.1) is 12.3 Å². The number of hydrogen-bond acceptors (Lipinski definition) is 9. The Morgan fingerprint density at radius 1 is 1.08 bits per heavy atom. The Morgan fingerprint density at radius 2 is 1.81 bits per heavy atom. The number of amides is 1. The van der Waals surface area contributed by atoms with Crippen LogP contribution in [-0.4, -0.2) is 61.5 Å². The SMILES string of the molecule is CCS(=O)(=O)C1=NSC2=NC(=O)/C(=C\c3ccc(OCCCOc4ccc(C)cc4)c(OC)c3)C(=N)N21. The molecule has 1 amide bonds. The van der Waals surface area contributed by atoms with Gasteiger partial charge in [0.05, 0.1) is 43.6 Å². The Labute approximate surface area is 219 Å². The number of benzene rings is 2. The maximum Gasteiger partial charge on any atom is 0.283 e. The molecule has 2 aliphatic heterocycles. The normalized spacial score (nSPS) is 16.4. The number of carbonyl (C=O) groups excluding carboxylic acids is 1. The fourth-order valence-corrected chi connectivity index (χ4v) is 5.42. The zero-order valence-corrected chi connectivity index (χ0v) is 22.2. The Bertz CT molecular complexity index is 1420. The second-order valence-electron chi connectivity index (χ2n) is 8.08. The van der Waals surface area contributed by atoms with Crippen LogP contribution < -0.4 is 14.2 Å². The third kappa shape index (κ3) is 5.86. The number of amidine groups is 3. The third-order valence-corrected chi connectivity index (χ3v) is 7.89. The van der Waals surface area contributed by atoms with Crippen molar-refractivity contribution in [3.05, 3.63) is 59.2 Å². The van der Waals surface area contributed by atoms with Gasteiger partial charge in [-0.1, -0.05) is 30.7 Å². The van der Waals surface area contributed by atoms with Crippen molar-refractivity contribution in [1.82, 2.24) is 4.90 Å². The summed E-state index contributed by atoms with van der Waals surface area (Å²) in [6.45, 7) is 4.41. The number of fused-ring (bicyclic) bond motifs is 1. The first kappa shape index (κ1) is 26.4. The summed E-state index contributed by atoms with van der Waals surface area (Å²) >= 11 is 0.761. The molecule has 0 aromatic heterocycles. The molecule has 2 heterocycles. The molecule has 1 N–H and O–H groups in total. The Morgan fingerprint density at radius 3 is 2.51 bits per heavy atom. The van der Waals surface area contributed by atoms with Crippen LogP contribution in [0.4, 0.5) is 0 Å². The summed E-state index contributed by atoms with van der Waals surface area (Å²) in [6, 6.07) is 12.9. The summed E-state index contributed by atoms with van der Waals surface area (Å²) < 4.78 is 45.7. The minimum Gasteiger partial charge on any atom is -0.493 e. The zero-order valence-electron chi connectivity index (χ0n) is 20.6. The van der Waals surface area contributed by atoms with E-state index in [0.717, 1.165) is 22.6 Å². The monoisotopic (exact) mass is 542 g/mol. The van der Waals surface area contributed by atoms with Crippen molar-refractivity contribution in [3.63, 3.8) is 0 Å². The van der Waals surface area contributed by atoms with Gasteiger partial charge >= 0.3 is 0 Å². The smallest absolute Gasteiger partial charge is 0.283 e. The highest BCUT2D eigenvalue weighted by Gasteiger charge is 2.42. The maximum atomic E-state index is 12.6. The molecule has 12 heteroatoms. The van der Waals surface area contributed by atoms with E-state index in [1.54, 1.807) is 18.2 Å². The van der Waals surface area contributed by atoms with Crippen LogP contribution in [0.15, 0.2) is 57.4 Å². The van der Waals surface area contributed by atoms with Crippen molar-refractivity contribution >= 4 is 49.9 Å². The predicted octanol–water partition coefficient (Wildman–Crippen LogP) is 3.86. The molecule has 0 fully saturated rings. The van der Waals surface area contributed by atoms with Crippen molar-refractivity contribution < 1.29 is 27.4 Å². The number of aliphatic imine (C=N–C) groups is 1. The fourth-order valence-electron chi connectivity index (χ4n) is 3.45. The average Bonchev–Trinajstić information content (AvgIpc) is 3.32. The highest BCUT2D eigenvalue weighted by molar-refractivity contribution is 8.16. The van der Waals surface area contributed by atoms with Crippen LogP contribution in [0.1, 0.15) is 24.5 Å². The number of nitrogens with zero attached hydrogens (tertiary/aromatic N) is 3. The van der Waals surface area contributed by atoms with Gasteiger partial charge in [-0.2, -0.15) is 9.39 Å². The minimum absolute atomic E-state index is 0.0480. The molecule has 0 bridgehead atoms. The number of carbonyl (C=O) groups is 1. The molecule has 0 spiro atoms. The maximum absolute atomic E-state index is 12.6. The number of hydrogen-bond donors (Lipinski definition) is 1. The molecular formula is C25H26N4O6S2. The van der Waals surface area contributed by atoms with Crippen molar-refractivity contribution in [1.29, 1.82) is 5.41 Å². The summed E-state index contributed by atoms with van der Waals surface area (Å²) in [6.07, 6.45) is 2.12. The number of sulfone groups is 1. The summed E-state index contributed by atoms with van der Waals surface area (Å²) in [4.78, 5) is 17.6. The van der Waals surface area contributed by atoms with Gasteiger partial charge in [0.2, 0.25) is 20.2 Å². The Kier molecular flexibility index (Phi) is 7.98. The van der Waals surface area contributed by atoms with E-state index in [0.29, 0.717) is 36.7 Å². The Hall–Kier alpha value is -3.64. The number of methoxy groups -OCH3 is 1. The summed E-state index contributed by atoms with van der Waals surface area (Å²) in [5.41, 5.74) is 1.67. The van der Waals surface area contributed by atoms with Gasteiger partial charge in [-0.05, 0) is 42.8 Å². The van der Waals surface area contributed by atoms with E-state index >= 15 is 0 Å². The van der Waals surface area contributed by atoms with Crippen LogP contribution in [0.25, 0.3) is 6.08 Å². The van der Waals surface area contributed by atoms with E-state index in [9.17, 15) is 13.2 Å². The number of aryl methyl sites for hydroxylation is 1. The molecule has 4 rings (SSSR count). The Balaban J connectivity index is 1.43. The molecule has 2 aromatic carbocycles. The minimum atomic E-state index is -3.71. The molecule has 0 aliphatic carbocycles. The van der Waals surface area contributed by atoms with Crippen LogP contribution in [0.3, 0.4) is 0 Å². The summed E-state index contributed by atoms with van der Waals surface area (Å²) in [5.74, 6) is 0.626. The van der Waals surface area contributed by atoms with Gasteiger partial charge in [-0.15, -0.1) is 0 Å². The highest BCUT2D eigenvalue weighted by atomic mass is 32.2. The molecule has 194 valence electrons. The standard InChI is InChI=1S/C25H26N4O6S2/c1-4-37(31,32)25-28-36-24-27-23(30)19(22(26)29(24)25)14-17-8-11-20(21(15-17)33-3)35-13-5-12-34-18-9-6-16(2)7-10-18/h6-11,14-15,26H,4-5,12-13H2,1-3H3/b19-14-,26-22?. The zero-order chi connectivity index (χ0) is 26.6. The van der Waals surface area contributed by atoms with Crippen LogP contribution >= 0.6 is 11.9 Å². The third-order valence-electron chi connectivity index (χ3n) is 5.49. The number of rotatable bonds is 9. The van der Waals surface area contributed by atoms with Gasteiger partial charge < -0.3 is 14.2 Å². The van der Waals surface area contributed by atoms with Gasteiger partial charge in [0.1, 0.15) is 11.6 Å². The van der Waals surface area contributed by atoms with Gasteiger partial charge in [0, 0.05) is 6.42 Å². The van der Waals surface area contributed by atoms with Crippen LogP contribution in [0.5, 0.6) is 17.2 Å². The van der Waals surface area contributed by atoms with Crippen LogP contribution in [-0.2, 0) is 14.6 Å². The molecule has 37 heavy (non-hydrogen) atoms. The van der Waals surface area contributed by atoms with Crippen molar-refractivity contribution in [2.75, 3.05) is 26.1 Å². The first-order valence-electron chi connectivity index (χ1n) is 11.5. The van der Waals surface area contributed by atoms with Gasteiger partial charge in [-0.3, -0.25) is 10.2 Å². The van der Waals surface area contributed by atoms with E-state index in [-0.39, 0.29) is 27.5 Å². The molecule has 2 aliphatic rings. The lowest BCUT2D eigenvalue weighted by molar-refractivity contribution is -0.114. The predicted molar refractivity (Wildman–Crippen MR) is 144 cm³/mol. The van der Waals surface area contributed by atoms with Crippen molar-refractivity contribution in [2.45, 2.75) is 20.3 Å². The fraction of sp³-hybridized carbons (Fsp3) is 0.280. The second-order valence-corrected chi connectivity index (χ2v) is 11.0. The average molecular weight is 543 g/mol. The lowest BCUT2D eigenvalue weighted by Gasteiger charge is -2.24. The van der Waals surface area contributed by atoms with Crippen molar-refractivity contribution in [2.24, 2.45) is 9.39 Å². The summed E-state index contributed by atoms with van der Waals surface area (Å²) in [5, 5.41) is 8.26. The number of ether oxygens (including phenoxy) is 3. The molecule has 0 radical (unpaired) electrons. The van der Waals surface area contributed by atoms with E-state index in [1.165, 1.54) is 25.7 Å². The lowest BCUT2D eigenvalue weighted by Crippen LogP contribution is -2.45. The van der Waals surface area contributed by atoms with Gasteiger partial charge in [0.15, 0.2) is 11.5 Å². The van der Waals surface area contributed by atoms with Gasteiger partial charge in [-0.25, -0.2) is 13.3 Å².